The number of nitrogens with zero attached hydrogens (tertiary/aromatic N) is 1. The molecular weight excluding hydrogens is 428 g/mol. The Labute approximate surface area is 213 Å². The summed E-state index contributed by atoms with van der Waals surface area (Å²) < 4.78 is 5.06. The Morgan fingerprint density at radius 2 is 2.14 bits per heavy atom. The van der Waals surface area contributed by atoms with Crippen LogP contribution in [-0.4, -0.2) is 59.5 Å². The minimum absolute atomic E-state index is 0. The first-order valence-corrected chi connectivity index (χ1v) is 8.53. The summed E-state index contributed by atoms with van der Waals surface area (Å²) in [5.74, 6) is -4.14. The van der Waals surface area contributed by atoms with E-state index < -0.39 is 41.6 Å². The van der Waals surface area contributed by atoms with Crippen molar-refractivity contribution in [2.24, 2.45) is 5.16 Å². The molecule has 2 rings (SSSR count). The Hall–Kier alpha value is -0.990. The molecule has 1 aliphatic rings. The number of aliphatic hydroxyl groups excluding tert-OH is 1. The number of amides is 1. The molecule has 0 saturated heterocycles. The van der Waals surface area contributed by atoms with Crippen LogP contribution in [0.25, 0.3) is 0 Å². The average molecular weight is 443 g/mol. The molecule has 3 N–H and O–H groups in total. The van der Waals surface area contributed by atoms with Gasteiger partial charge in [0.1, 0.15) is 7.11 Å². The molecule has 0 unspecified atom stereocenters. The number of carboxylic acid groups (broad SMARTS) is 2. The summed E-state index contributed by atoms with van der Waals surface area (Å²) in [7, 11) is 1.19. The molecule has 1 aromatic rings. The van der Waals surface area contributed by atoms with Crippen molar-refractivity contribution in [2.45, 2.75) is 11.4 Å². The Morgan fingerprint density at radius 3 is 2.62 bits per heavy atom. The van der Waals surface area contributed by atoms with Crippen LogP contribution < -0.4 is 80.0 Å². The fourth-order valence-corrected chi connectivity index (χ4v) is 3.42. The van der Waals surface area contributed by atoms with Crippen molar-refractivity contribution in [2.75, 3.05) is 19.5 Å². The largest absolute Gasteiger partial charge is 1.00 e. The van der Waals surface area contributed by atoms with Gasteiger partial charge in [-0.05, 0) is 17.7 Å². The number of furan rings is 1. The monoisotopic (exact) mass is 443 g/mol. The SMILES string of the molecule is CO/N=C(\C(=O)N[C@H](C(=O)[O-])[C@@H]1NC(C(=O)[O-])=C(CO)CS1)c1ccco1.[Na+].[Na+]. The standard InChI is InChI=1S/C15H17N3O8S.2Na/c1-25-18-10(8-3-2-4-26-8)12(20)16-11(15(23)24)13-17-9(14(21)22)7(5-19)6-27-13;;/h2-4,11,13,17,19H,5-6H2,1H3,(H,16,20)(H,21,22)(H,23,24);;/q;2*+1/p-2/b18-10-;;/t11-,13+;;/m0../s1. The van der Waals surface area contributed by atoms with Crippen molar-refractivity contribution < 1.29 is 98.1 Å². The molecule has 1 amide bonds. The van der Waals surface area contributed by atoms with Gasteiger partial charge in [0.15, 0.2) is 5.76 Å². The molecule has 0 saturated carbocycles. The number of carbonyl (C=O) groups is 3. The van der Waals surface area contributed by atoms with E-state index in [1.807, 2.05) is 0 Å². The van der Waals surface area contributed by atoms with Crippen molar-refractivity contribution >= 4 is 35.3 Å². The summed E-state index contributed by atoms with van der Waals surface area (Å²) in [6.07, 6.45) is 1.29. The molecule has 0 fully saturated rings. The minimum Gasteiger partial charge on any atom is -0.548 e. The first kappa shape index (κ1) is 28.0. The van der Waals surface area contributed by atoms with Crippen LogP contribution in [0, 0.1) is 0 Å². The Kier molecular flexibility index (Phi) is 12.9. The van der Waals surface area contributed by atoms with Gasteiger partial charge in [0, 0.05) is 5.75 Å². The second-order valence-corrected chi connectivity index (χ2v) is 6.30. The minimum atomic E-state index is -1.66. The van der Waals surface area contributed by atoms with E-state index in [0.717, 1.165) is 11.8 Å². The first-order chi connectivity index (χ1) is 12.9. The molecule has 2 heterocycles. The van der Waals surface area contributed by atoms with E-state index in [4.69, 9.17) is 4.42 Å². The predicted octanol–water partition coefficient (Wildman–Crippen LogP) is -9.47. The number of hydrogen-bond donors (Lipinski definition) is 3. The zero-order valence-electron chi connectivity index (χ0n) is 16.0. The molecule has 1 aliphatic heterocycles. The average Bonchev–Trinajstić information content (AvgIpc) is 3.17. The summed E-state index contributed by atoms with van der Waals surface area (Å²) >= 11 is 0.968. The van der Waals surface area contributed by atoms with Gasteiger partial charge in [-0.2, -0.15) is 0 Å². The van der Waals surface area contributed by atoms with Crippen LogP contribution in [0.4, 0.5) is 0 Å². The molecule has 11 nitrogen and oxygen atoms in total. The second-order valence-electron chi connectivity index (χ2n) is 5.17. The summed E-state index contributed by atoms with van der Waals surface area (Å²) in [6.45, 7) is -0.540. The number of aliphatic hydroxyl groups is 1. The Bertz CT molecular complexity index is 785. The summed E-state index contributed by atoms with van der Waals surface area (Å²) in [6, 6.07) is 1.29. The first-order valence-electron chi connectivity index (χ1n) is 7.48. The molecule has 14 heteroatoms. The van der Waals surface area contributed by atoms with E-state index in [1.54, 1.807) is 0 Å². The van der Waals surface area contributed by atoms with E-state index in [9.17, 15) is 29.7 Å². The fraction of sp³-hybridized carbons (Fsp3) is 0.333. The molecule has 0 spiro atoms. The van der Waals surface area contributed by atoms with Gasteiger partial charge in [0.2, 0.25) is 5.71 Å². The molecule has 2 atom stereocenters. The number of nitrogens with one attached hydrogen (secondary N) is 2. The van der Waals surface area contributed by atoms with Gasteiger partial charge >= 0.3 is 59.1 Å². The van der Waals surface area contributed by atoms with E-state index in [0.29, 0.717) is 0 Å². The zero-order chi connectivity index (χ0) is 20.0. The number of oxime groups is 1. The van der Waals surface area contributed by atoms with E-state index in [1.165, 1.54) is 25.5 Å². The third-order valence-corrected chi connectivity index (χ3v) is 4.73. The molecule has 1 aromatic heterocycles. The van der Waals surface area contributed by atoms with Crippen LogP contribution in [0.3, 0.4) is 0 Å². The van der Waals surface area contributed by atoms with Crippen molar-refractivity contribution in [1.82, 2.24) is 10.6 Å². The van der Waals surface area contributed by atoms with Crippen LogP contribution in [-0.2, 0) is 19.2 Å². The number of carboxylic acids is 2. The Balaban J connectivity index is 0.00000392. The summed E-state index contributed by atoms with van der Waals surface area (Å²) in [5, 5.41) is 39.0. The molecule has 0 bridgehead atoms. The number of rotatable bonds is 8. The Morgan fingerprint density at radius 1 is 1.45 bits per heavy atom. The van der Waals surface area contributed by atoms with Crippen molar-refractivity contribution in [3.8, 4) is 0 Å². The zero-order valence-corrected chi connectivity index (χ0v) is 20.8. The van der Waals surface area contributed by atoms with E-state index >= 15 is 0 Å². The molecule has 29 heavy (non-hydrogen) atoms. The fourth-order valence-electron chi connectivity index (χ4n) is 2.23. The van der Waals surface area contributed by atoms with Crippen molar-refractivity contribution in [3.63, 3.8) is 0 Å². The summed E-state index contributed by atoms with van der Waals surface area (Å²) in [5.41, 5.74) is -0.614. The number of hydrogen-bond acceptors (Lipinski definition) is 11. The van der Waals surface area contributed by atoms with Crippen LogP contribution in [0.2, 0.25) is 0 Å². The smallest absolute Gasteiger partial charge is 0.548 e. The van der Waals surface area contributed by atoms with E-state index in [2.05, 4.69) is 20.6 Å². The summed E-state index contributed by atoms with van der Waals surface area (Å²) in [4.78, 5) is 39.7. The van der Waals surface area contributed by atoms with Gasteiger partial charge in [-0.1, -0.05) is 5.16 Å². The van der Waals surface area contributed by atoms with E-state index in [-0.39, 0.29) is 81.9 Å². The van der Waals surface area contributed by atoms with Gasteiger partial charge < -0.3 is 44.8 Å². The molecule has 0 aliphatic carbocycles. The van der Waals surface area contributed by atoms with Crippen molar-refractivity contribution in [1.29, 1.82) is 0 Å². The van der Waals surface area contributed by atoms with Gasteiger partial charge in [0.05, 0.1) is 41.9 Å². The topological polar surface area (TPSA) is 176 Å². The number of aliphatic carboxylic acids is 2. The van der Waals surface area contributed by atoms with Gasteiger partial charge in [-0.25, -0.2) is 0 Å². The second kappa shape index (κ2) is 13.3. The van der Waals surface area contributed by atoms with Crippen LogP contribution in [0.15, 0.2) is 39.2 Å². The van der Waals surface area contributed by atoms with Crippen LogP contribution in [0.5, 0.6) is 0 Å². The molecule has 0 aromatic carbocycles. The maximum atomic E-state index is 12.4. The van der Waals surface area contributed by atoms with Gasteiger partial charge in [-0.15, -0.1) is 11.8 Å². The molecule has 146 valence electrons. The molecular formula is C15H15N3Na2O8S. The third kappa shape index (κ3) is 7.33. The predicted molar refractivity (Wildman–Crippen MR) is 87.7 cm³/mol. The van der Waals surface area contributed by atoms with Gasteiger partial charge in [0.25, 0.3) is 5.91 Å². The molecule has 0 radical (unpaired) electrons. The number of carbonyl (C=O) groups excluding carboxylic acids is 3. The maximum absolute atomic E-state index is 12.4. The third-order valence-electron chi connectivity index (χ3n) is 3.47. The normalized spacial score (nSPS) is 17.2. The van der Waals surface area contributed by atoms with Crippen LogP contribution >= 0.6 is 11.8 Å². The van der Waals surface area contributed by atoms with Crippen LogP contribution in [0.1, 0.15) is 5.76 Å². The van der Waals surface area contributed by atoms with Gasteiger partial charge in [-0.3, -0.25) is 4.79 Å². The van der Waals surface area contributed by atoms with Crippen molar-refractivity contribution in [3.05, 3.63) is 35.4 Å². The maximum Gasteiger partial charge on any atom is 1.00 e. The quantitative estimate of drug-likeness (QED) is 0.199. The number of thioether (sulfide) groups is 1.